The lowest BCUT2D eigenvalue weighted by Crippen LogP contribution is -2.32. The Balaban J connectivity index is 1.52. The molecule has 3 aromatic rings. The van der Waals surface area contributed by atoms with Crippen LogP contribution in [0.4, 0.5) is 5.82 Å². The van der Waals surface area contributed by atoms with Crippen LogP contribution >= 0.6 is 34.8 Å². The fourth-order valence-corrected chi connectivity index (χ4v) is 3.27. The van der Waals surface area contributed by atoms with Crippen molar-refractivity contribution in [1.82, 2.24) is 20.9 Å². The minimum absolute atomic E-state index is 0.0428. The highest BCUT2D eigenvalue weighted by Gasteiger charge is 2.15. The van der Waals surface area contributed by atoms with Gasteiger partial charge in [0.25, 0.3) is 5.91 Å². The standard InChI is InChI=1S/C19H18Cl3N5O3/c20-12-4-5-16(29-10-13-14(21)2-1-3-15(13)22)11(8-12)9-24-6-7-25-19(28)17-18(23)27-30-26-17/h1-5,8,24H,6-7,9-10H2,(H2,23,27)(H,25,28). The first-order valence-corrected chi connectivity index (χ1v) is 10.00. The fraction of sp³-hybridized carbons (Fsp3) is 0.211. The van der Waals surface area contributed by atoms with Crippen molar-refractivity contribution in [3.8, 4) is 5.75 Å². The van der Waals surface area contributed by atoms with Gasteiger partial charge in [0, 0.05) is 45.8 Å². The largest absolute Gasteiger partial charge is 0.488 e. The molecule has 30 heavy (non-hydrogen) atoms. The van der Waals surface area contributed by atoms with E-state index in [9.17, 15) is 4.79 Å². The summed E-state index contributed by atoms with van der Waals surface area (Å²) in [4.78, 5) is 11.9. The summed E-state index contributed by atoms with van der Waals surface area (Å²) >= 11 is 18.5. The summed E-state index contributed by atoms with van der Waals surface area (Å²) < 4.78 is 10.3. The molecule has 3 rings (SSSR count). The number of anilines is 1. The quantitative estimate of drug-likeness (QED) is 0.408. The molecule has 0 aliphatic heterocycles. The number of hydrogen-bond acceptors (Lipinski definition) is 7. The number of ether oxygens (including phenoxy) is 1. The molecular formula is C19H18Cl3N5O3. The fourth-order valence-electron chi connectivity index (χ4n) is 2.57. The van der Waals surface area contributed by atoms with Gasteiger partial charge in [-0.15, -0.1) is 0 Å². The van der Waals surface area contributed by atoms with Crippen LogP contribution < -0.4 is 21.1 Å². The molecule has 158 valence electrons. The van der Waals surface area contributed by atoms with E-state index in [2.05, 4.69) is 25.6 Å². The third-order valence-corrected chi connectivity index (χ3v) is 5.03. The number of aromatic nitrogens is 2. The van der Waals surface area contributed by atoms with E-state index in [1.165, 1.54) is 0 Å². The van der Waals surface area contributed by atoms with Crippen molar-refractivity contribution in [1.29, 1.82) is 0 Å². The highest BCUT2D eigenvalue weighted by atomic mass is 35.5. The smallest absolute Gasteiger partial charge is 0.277 e. The SMILES string of the molecule is Nc1nonc1C(=O)NCCNCc1cc(Cl)ccc1OCc1c(Cl)cccc1Cl. The number of amides is 1. The molecular weight excluding hydrogens is 453 g/mol. The summed E-state index contributed by atoms with van der Waals surface area (Å²) in [5.74, 6) is 0.132. The van der Waals surface area contributed by atoms with Gasteiger partial charge < -0.3 is 21.1 Å². The van der Waals surface area contributed by atoms with E-state index in [-0.39, 0.29) is 18.1 Å². The average molecular weight is 471 g/mol. The first-order chi connectivity index (χ1) is 14.5. The highest BCUT2D eigenvalue weighted by molar-refractivity contribution is 6.36. The molecule has 0 radical (unpaired) electrons. The minimum atomic E-state index is -0.459. The third-order valence-electron chi connectivity index (χ3n) is 4.09. The van der Waals surface area contributed by atoms with Gasteiger partial charge in [0.2, 0.25) is 11.5 Å². The van der Waals surface area contributed by atoms with Crippen LogP contribution in [-0.2, 0) is 13.2 Å². The van der Waals surface area contributed by atoms with Gasteiger partial charge in [0.15, 0.2) is 0 Å². The van der Waals surface area contributed by atoms with Crippen molar-refractivity contribution >= 4 is 46.5 Å². The molecule has 1 amide bonds. The van der Waals surface area contributed by atoms with Crippen molar-refractivity contribution in [2.75, 3.05) is 18.8 Å². The Kier molecular flexibility index (Phi) is 7.75. The predicted molar refractivity (Wildman–Crippen MR) is 115 cm³/mol. The predicted octanol–water partition coefficient (Wildman–Crippen LogP) is 3.71. The number of nitrogens with one attached hydrogen (secondary N) is 2. The van der Waals surface area contributed by atoms with Crippen LogP contribution in [0.25, 0.3) is 0 Å². The molecule has 0 aliphatic carbocycles. The van der Waals surface area contributed by atoms with E-state index in [0.717, 1.165) is 5.56 Å². The summed E-state index contributed by atoms with van der Waals surface area (Å²) in [6.45, 7) is 1.52. The molecule has 0 saturated carbocycles. The summed E-state index contributed by atoms with van der Waals surface area (Å²) in [7, 11) is 0. The summed E-state index contributed by atoms with van der Waals surface area (Å²) in [5.41, 5.74) is 6.99. The van der Waals surface area contributed by atoms with Gasteiger partial charge >= 0.3 is 0 Å². The minimum Gasteiger partial charge on any atom is -0.488 e. The molecule has 1 heterocycles. The zero-order valence-electron chi connectivity index (χ0n) is 15.6. The number of halogens is 3. The Morgan fingerprint density at radius 3 is 2.57 bits per heavy atom. The monoisotopic (exact) mass is 469 g/mol. The van der Waals surface area contributed by atoms with Crippen molar-refractivity contribution in [3.05, 3.63) is 68.3 Å². The van der Waals surface area contributed by atoms with E-state index in [1.54, 1.807) is 36.4 Å². The number of benzene rings is 2. The Hall–Kier alpha value is -2.52. The van der Waals surface area contributed by atoms with E-state index in [0.29, 0.717) is 46.0 Å². The molecule has 0 unspecified atom stereocenters. The van der Waals surface area contributed by atoms with Gasteiger partial charge in [0.1, 0.15) is 12.4 Å². The van der Waals surface area contributed by atoms with Crippen molar-refractivity contribution in [2.24, 2.45) is 0 Å². The van der Waals surface area contributed by atoms with Crippen LogP contribution in [0.1, 0.15) is 21.6 Å². The third kappa shape index (κ3) is 5.76. The lowest BCUT2D eigenvalue weighted by Gasteiger charge is -2.14. The second kappa shape index (κ2) is 10.5. The van der Waals surface area contributed by atoms with Crippen LogP contribution in [0.2, 0.25) is 15.1 Å². The van der Waals surface area contributed by atoms with Crippen molar-refractivity contribution in [3.63, 3.8) is 0 Å². The molecule has 11 heteroatoms. The molecule has 8 nitrogen and oxygen atoms in total. The molecule has 0 bridgehead atoms. The Bertz CT molecular complexity index is 1010. The number of hydrogen-bond donors (Lipinski definition) is 3. The molecule has 1 aromatic heterocycles. The van der Waals surface area contributed by atoms with Gasteiger partial charge in [-0.3, -0.25) is 4.79 Å². The lowest BCUT2D eigenvalue weighted by molar-refractivity contribution is 0.0944. The highest BCUT2D eigenvalue weighted by Crippen LogP contribution is 2.28. The Morgan fingerprint density at radius 1 is 1.10 bits per heavy atom. The van der Waals surface area contributed by atoms with E-state index in [1.807, 2.05) is 0 Å². The zero-order chi connectivity index (χ0) is 21.5. The molecule has 4 N–H and O–H groups in total. The maximum atomic E-state index is 11.9. The van der Waals surface area contributed by atoms with Gasteiger partial charge in [-0.2, -0.15) is 0 Å². The Morgan fingerprint density at radius 2 is 1.87 bits per heavy atom. The van der Waals surface area contributed by atoms with E-state index >= 15 is 0 Å². The van der Waals surface area contributed by atoms with Crippen LogP contribution in [-0.4, -0.2) is 29.3 Å². The molecule has 0 fully saturated rings. The molecule has 0 atom stereocenters. The zero-order valence-corrected chi connectivity index (χ0v) is 17.9. The second-order valence-corrected chi connectivity index (χ2v) is 7.42. The second-order valence-electron chi connectivity index (χ2n) is 6.17. The number of rotatable bonds is 9. The van der Waals surface area contributed by atoms with Crippen LogP contribution in [0.5, 0.6) is 5.75 Å². The number of nitrogens with two attached hydrogens (primary N) is 1. The van der Waals surface area contributed by atoms with Gasteiger partial charge in [-0.25, -0.2) is 4.63 Å². The first kappa shape index (κ1) is 22.2. The summed E-state index contributed by atoms with van der Waals surface area (Å²) in [5, 5.41) is 14.3. The van der Waals surface area contributed by atoms with Crippen molar-refractivity contribution in [2.45, 2.75) is 13.2 Å². The topological polar surface area (TPSA) is 115 Å². The number of nitrogen functional groups attached to an aromatic ring is 1. The van der Waals surface area contributed by atoms with Gasteiger partial charge in [-0.05, 0) is 40.6 Å². The number of carbonyl (C=O) groups is 1. The van der Waals surface area contributed by atoms with Crippen LogP contribution in [0.15, 0.2) is 41.0 Å². The normalized spacial score (nSPS) is 10.8. The Labute approximate surface area is 187 Å². The lowest BCUT2D eigenvalue weighted by atomic mass is 10.2. The van der Waals surface area contributed by atoms with Gasteiger partial charge in [0.05, 0.1) is 0 Å². The maximum Gasteiger partial charge on any atom is 0.277 e. The summed E-state index contributed by atoms with van der Waals surface area (Å²) in [6.07, 6.45) is 0. The number of carbonyl (C=O) groups excluding carboxylic acids is 1. The van der Waals surface area contributed by atoms with E-state index in [4.69, 9.17) is 45.3 Å². The van der Waals surface area contributed by atoms with Gasteiger partial charge in [-0.1, -0.05) is 40.9 Å². The first-order valence-electron chi connectivity index (χ1n) is 8.86. The molecule has 2 aromatic carbocycles. The maximum absolute atomic E-state index is 11.9. The van der Waals surface area contributed by atoms with Crippen molar-refractivity contribution < 1.29 is 14.2 Å². The van der Waals surface area contributed by atoms with E-state index < -0.39 is 5.91 Å². The molecule has 0 saturated heterocycles. The average Bonchev–Trinajstić information content (AvgIpc) is 3.14. The molecule has 0 aliphatic rings. The van der Waals surface area contributed by atoms with Crippen LogP contribution in [0, 0.1) is 0 Å². The number of nitrogens with zero attached hydrogens (tertiary/aromatic N) is 2. The van der Waals surface area contributed by atoms with Crippen LogP contribution in [0.3, 0.4) is 0 Å². The molecule has 0 spiro atoms. The summed E-state index contributed by atoms with van der Waals surface area (Å²) in [6, 6.07) is 10.6.